The fourth-order valence-corrected chi connectivity index (χ4v) is 3.25. The third-order valence-electron chi connectivity index (χ3n) is 4.23. The molecule has 0 saturated heterocycles. The molecule has 0 aromatic rings. The lowest BCUT2D eigenvalue weighted by Gasteiger charge is -2.40. The molecular weight excluding hydrogens is 312 g/mol. The normalized spacial score (nSPS) is 16.7. The summed E-state index contributed by atoms with van der Waals surface area (Å²) in [5, 5.41) is 0.130. The van der Waals surface area contributed by atoms with Crippen molar-refractivity contribution in [3.05, 3.63) is 0 Å². The van der Waals surface area contributed by atoms with Crippen molar-refractivity contribution < 1.29 is 23.4 Å². The molecule has 0 spiro atoms. The lowest BCUT2D eigenvalue weighted by molar-refractivity contribution is -0.127. The van der Waals surface area contributed by atoms with Crippen molar-refractivity contribution in [3.63, 3.8) is 0 Å². The van der Waals surface area contributed by atoms with E-state index in [4.69, 9.17) is 29.8 Å². The third kappa shape index (κ3) is 8.29. The van der Waals surface area contributed by atoms with Gasteiger partial charge in [-0.3, -0.25) is 0 Å². The Kier molecular flexibility index (Phi) is 10.3. The summed E-state index contributed by atoms with van der Waals surface area (Å²) < 4.78 is 27.6. The zero-order valence-electron chi connectivity index (χ0n) is 16.0. The van der Waals surface area contributed by atoms with E-state index in [1.165, 1.54) is 0 Å². The molecule has 0 heterocycles. The van der Waals surface area contributed by atoms with Gasteiger partial charge in [0.25, 0.3) is 0 Å². The van der Waals surface area contributed by atoms with Crippen molar-refractivity contribution >= 4 is 8.32 Å². The maximum absolute atomic E-state index is 6.41. The van der Waals surface area contributed by atoms with Crippen LogP contribution >= 0.6 is 0 Å². The molecular formula is C17H34O5Si. The Morgan fingerprint density at radius 2 is 1.57 bits per heavy atom. The average molecular weight is 347 g/mol. The number of rotatable bonds is 11. The van der Waals surface area contributed by atoms with E-state index < -0.39 is 8.32 Å². The molecule has 0 N–H and O–H groups in total. The molecule has 0 aromatic heterocycles. The quantitative estimate of drug-likeness (QED) is 0.326. The van der Waals surface area contributed by atoms with Gasteiger partial charge in [-0.25, -0.2) is 0 Å². The summed E-state index contributed by atoms with van der Waals surface area (Å²) in [4.78, 5) is 0. The van der Waals surface area contributed by atoms with E-state index in [-0.39, 0.29) is 36.9 Å². The maximum atomic E-state index is 6.41. The molecule has 0 aliphatic rings. The van der Waals surface area contributed by atoms with E-state index in [9.17, 15) is 0 Å². The number of ether oxygens (including phenoxy) is 4. The van der Waals surface area contributed by atoms with Crippen LogP contribution in [0.2, 0.25) is 18.1 Å². The van der Waals surface area contributed by atoms with Crippen LogP contribution in [0.1, 0.15) is 34.1 Å². The zero-order valence-corrected chi connectivity index (χ0v) is 17.0. The topological polar surface area (TPSA) is 46.2 Å². The lowest BCUT2D eigenvalue weighted by atomic mass is 10.1. The first-order chi connectivity index (χ1) is 10.6. The molecule has 3 atom stereocenters. The highest BCUT2D eigenvalue weighted by molar-refractivity contribution is 6.74. The maximum Gasteiger partial charge on any atom is 0.192 e. The van der Waals surface area contributed by atoms with Crippen LogP contribution in [0, 0.1) is 12.3 Å². The molecule has 6 heteroatoms. The zero-order chi connectivity index (χ0) is 18.1. The molecule has 0 fully saturated rings. The van der Waals surface area contributed by atoms with Gasteiger partial charge in [0.2, 0.25) is 0 Å². The predicted molar refractivity (Wildman–Crippen MR) is 94.7 cm³/mol. The molecule has 0 aliphatic carbocycles. The van der Waals surface area contributed by atoms with Crippen molar-refractivity contribution in [1.29, 1.82) is 0 Å². The van der Waals surface area contributed by atoms with Crippen molar-refractivity contribution in [2.24, 2.45) is 0 Å². The van der Waals surface area contributed by atoms with Gasteiger partial charge >= 0.3 is 0 Å². The van der Waals surface area contributed by atoms with E-state index >= 15 is 0 Å². The summed E-state index contributed by atoms with van der Waals surface area (Å²) in [6, 6.07) is 0. The highest BCUT2D eigenvalue weighted by Gasteiger charge is 2.40. The number of methoxy groups -OCH3 is 2. The van der Waals surface area contributed by atoms with Crippen molar-refractivity contribution in [3.8, 4) is 12.3 Å². The Labute approximate surface area is 143 Å². The van der Waals surface area contributed by atoms with Gasteiger partial charge in [-0.05, 0) is 25.1 Å². The van der Waals surface area contributed by atoms with Gasteiger partial charge in [0.05, 0.1) is 12.2 Å². The van der Waals surface area contributed by atoms with Gasteiger partial charge in [-0.2, -0.15) is 0 Å². The van der Waals surface area contributed by atoms with Gasteiger partial charge in [0, 0.05) is 20.6 Å². The summed E-state index contributed by atoms with van der Waals surface area (Å²) in [7, 11) is 1.26. The molecule has 0 unspecified atom stereocenters. The van der Waals surface area contributed by atoms with Crippen LogP contribution in [0.3, 0.4) is 0 Å². The molecule has 0 radical (unpaired) electrons. The molecule has 5 nitrogen and oxygen atoms in total. The second-order valence-electron chi connectivity index (χ2n) is 7.16. The molecule has 0 bridgehead atoms. The van der Waals surface area contributed by atoms with Crippen molar-refractivity contribution in [1.82, 2.24) is 0 Å². The highest BCUT2D eigenvalue weighted by atomic mass is 28.4. The largest absolute Gasteiger partial charge is 0.412 e. The number of hydrogen-bond acceptors (Lipinski definition) is 5. The Balaban J connectivity index is 4.90. The molecule has 0 rings (SSSR count). The fraction of sp³-hybridized carbons (Fsp3) is 0.882. The predicted octanol–water partition coefficient (Wildman–Crippen LogP) is 3.40. The van der Waals surface area contributed by atoms with Gasteiger partial charge < -0.3 is 23.4 Å². The second kappa shape index (κ2) is 10.4. The summed E-state index contributed by atoms with van der Waals surface area (Å²) in [5.74, 6) is 2.62. The Morgan fingerprint density at radius 1 is 1.04 bits per heavy atom. The van der Waals surface area contributed by atoms with Gasteiger partial charge in [-0.15, -0.1) is 6.42 Å². The molecule has 136 valence electrons. The minimum Gasteiger partial charge on any atom is -0.412 e. The Hall–Kier alpha value is -0.423. The number of terminal acetylenes is 1. The molecule has 0 aromatic carbocycles. The van der Waals surface area contributed by atoms with Gasteiger partial charge in [0.15, 0.2) is 8.32 Å². The lowest BCUT2D eigenvalue weighted by Crippen LogP contribution is -2.47. The summed E-state index contributed by atoms with van der Waals surface area (Å²) in [6.07, 6.45) is 5.37. The average Bonchev–Trinajstić information content (AvgIpc) is 2.44. The smallest absolute Gasteiger partial charge is 0.192 e. The van der Waals surface area contributed by atoms with E-state index in [0.29, 0.717) is 6.42 Å². The third-order valence-corrected chi connectivity index (χ3v) is 8.80. The molecule has 23 heavy (non-hydrogen) atoms. The van der Waals surface area contributed by atoms with Crippen LogP contribution in [0.15, 0.2) is 0 Å². The summed E-state index contributed by atoms with van der Waals surface area (Å²) >= 11 is 0. The van der Waals surface area contributed by atoms with Crippen LogP contribution in [-0.4, -0.2) is 54.4 Å². The molecule has 0 aliphatic heterocycles. The van der Waals surface area contributed by atoms with Gasteiger partial charge in [-0.1, -0.05) is 26.7 Å². The fourth-order valence-electron chi connectivity index (χ4n) is 1.81. The van der Waals surface area contributed by atoms with E-state index in [1.807, 2.05) is 6.92 Å². The minimum atomic E-state index is -1.89. The summed E-state index contributed by atoms with van der Waals surface area (Å²) in [5.41, 5.74) is 0. The van der Waals surface area contributed by atoms with Gasteiger partial charge in [0.1, 0.15) is 19.7 Å². The first-order valence-electron chi connectivity index (χ1n) is 7.94. The minimum absolute atomic E-state index is 0.104. The van der Waals surface area contributed by atoms with Crippen LogP contribution < -0.4 is 0 Å². The second-order valence-corrected chi connectivity index (χ2v) is 11.9. The van der Waals surface area contributed by atoms with Crippen LogP contribution in [0.5, 0.6) is 0 Å². The Morgan fingerprint density at radius 3 is 2.00 bits per heavy atom. The first-order valence-corrected chi connectivity index (χ1v) is 10.8. The van der Waals surface area contributed by atoms with Crippen LogP contribution in [-0.2, 0) is 23.4 Å². The number of hydrogen-bond donors (Lipinski definition) is 0. The van der Waals surface area contributed by atoms with E-state index in [1.54, 1.807) is 14.2 Å². The summed E-state index contributed by atoms with van der Waals surface area (Å²) in [6.45, 7) is 13.4. The first kappa shape index (κ1) is 22.6. The highest BCUT2D eigenvalue weighted by Crippen LogP contribution is 2.38. The van der Waals surface area contributed by atoms with Crippen LogP contribution in [0.4, 0.5) is 0 Å². The van der Waals surface area contributed by atoms with Crippen molar-refractivity contribution in [2.75, 3.05) is 27.8 Å². The van der Waals surface area contributed by atoms with E-state index in [2.05, 4.69) is 39.8 Å². The Bertz CT molecular complexity index is 359. The SMILES string of the molecule is C#C[C@H](C[C@@H](OCOC)[C@H](C)O[Si](C)(C)C(C)(C)C)OCOC. The van der Waals surface area contributed by atoms with E-state index in [0.717, 1.165) is 0 Å². The van der Waals surface area contributed by atoms with Crippen LogP contribution in [0.25, 0.3) is 0 Å². The van der Waals surface area contributed by atoms with Crippen molar-refractivity contribution in [2.45, 2.75) is 70.6 Å². The molecule has 0 amide bonds. The molecule has 0 saturated carbocycles. The monoisotopic (exact) mass is 346 g/mol. The standard InChI is InChI=1S/C17H34O5Si/c1-10-15(20-12-18-6)11-16(21-13-19-7)14(2)22-23(8,9)17(3,4)5/h1,14-16H,11-13H2,2-9H3/t14-,15+,16+/m0/s1.